The lowest BCUT2D eigenvalue weighted by molar-refractivity contribution is -0.152. The molecular formula is C39H52N4O4S. The van der Waals surface area contributed by atoms with Gasteiger partial charge in [-0.25, -0.2) is 4.68 Å². The van der Waals surface area contributed by atoms with Crippen molar-refractivity contribution < 1.29 is 19.1 Å². The molecule has 258 valence electrons. The fourth-order valence-electron chi connectivity index (χ4n) is 5.85. The third-order valence-electron chi connectivity index (χ3n) is 7.67. The van der Waals surface area contributed by atoms with E-state index in [1.165, 1.54) is 18.9 Å². The van der Waals surface area contributed by atoms with E-state index in [9.17, 15) is 9.59 Å². The first-order chi connectivity index (χ1) is 23.1. The number of nitrogens with zero attached hydrogens (tertiary/aromatic N) is 3. The van der Waals surface area contributed by atoms with Crippen molar-refractivity contribution in [1.82, 2.24) is 20.1 Å². The smallest absolute Gasteiger partial charge is 0.311 e. The summed E-state index contributed by atoms with van der Waals surface area (Å²) < 4.78 is 13.1. The van der Waals surface area contributed by atoms with Gasteiger partial charge in [0, 0.05) is 33.5 Å². The van der Waals surface area contributed by atoms with Crippen LogP contribution in [-0.4, -0.2) is 45.9 Å². The lowest BCUT2D eigenvalue weighted by Crippen LogP contribution is -2.48. The predicted molar refractivity (Wildman–Crippen MR) is 197 cm³/mol. The molecule has 8 nitrogen and oxygen atoms in total. The molecule has 1 fully saturated rings. The summed E-state index contributed by atoms with van der Waals surface area (Å²) in [6.45, 7) is 16.2. The van der Waals surface area contributed by atoms with Crippen LogP contribution in [0.15, 0.2) is 76.7 Å². The molecule has 48 heavy (non-hydrogen) atoms. The number of fused-ring (bicyclic) bond motifs is 1. The SMILES string of the molecule is CC.CC.COC(=O)C(C)(C)CC(C)(C)NC(=O)c1ccccc1Sc1ccc2c(/C=C/c3ccccn3)nn(C3CCCCO3)c2c1. The molecule has 1 aliphatic heterocycles. The second kappa shape index (κ2) is 18.0. The van der Waals surface area contributed by atoms with Gasteiger partial charge in [-0.1, -0.05) is 57.7 Å². The third kappa shape index (κ3) is 10.0. The Labute approximate surface area is 290 Å². The van der Waals surface area contributed by atoms with Gasteiger partial charge in [0.2, 0.25) is 0 Å². The van der Waals surface area contributed by atoms with Crippen molar-refractivity contribution in [1.29, 1.82) is 0 Å². The van der Waals surface area contributed by atoms with Gasteiger partial charge in [0.1, 0.15) is 0 Å². The molecule has 0 aliphatic carbocycles. The Hall–Kier alpha value is -3.95. The molecule has 1 aliphatic rings. The average molecular weight is 673 g/mol. The van der Waals surface area contributed by atoms with Gasteiger partial charge in [-0.3, -0.25) is 14.6 Å². The Kier molecular flexibility index (Phi) is 14.4. The van der Waals surface area contributed by atoms with Gasteiger partial charge in [-0.05, 0) is 108 Å². The Morgan fingerprint density at radius 1 is 1.00 bits per heavy atom. The number of hydrogen-bond acceptors (Lipinski definition) is 7. The zero-order valence-corrected chi connectivity index (χ0v) is 30.8. The number of carbonyl (C=O) groups is 2. The van der Waals surface area contributed by atoms with Crippen LogP contribution in [0.25, 0.3) is 23.1 Å². The van der Waals surface area contributed by atoms with Crippen molar-refractivity contribution in [2.75, 3.05) is 13.7 Å². The summed E-state index contributed by atoms with van der Waals surface area (Å²) in [5.74, 6) is -0.498. The molecule has 1 unspecified atom stereocenters. The molecule has 9 heteroatoms. The summed E-state index contributed by atoms with van der Waals surface area (Å²) in [4.78, 5) is 32.1. The van der Waals surface area contributed by atoms with Gasteiger partial charge in [0.15, 0.2) is 6.23 Å². The molecule has 3 heterocycles. The summed E-state index contributed by atoms with van der Waals surface area (Å²) in [5.41, 5.74) is 1.89. The van der Waals surface area contributed by atoms with E-state index in [-0.39, 0.29) is 18.1 Å². The number of methoxy groups -OCH3 is 1. The number of nitrogens with one attached hydrogen (secondary N) is 1. The van der Waals surface area contributed by atoms with Crippen LogP contribution >= 0.6 is 11.8 Å². The molecule has 1 saturated heterocycles. The minimum Gasteiger partial charge on any atom is -0.469 e. The minimum atomic E-state index is -0.744. The van der Waals surface area contributed by atoms with Crippen molar-refractivity contribution in [3.8, 4) is 0 Å². The highest BCUT2D eigenvalue weighted by Gasteiger charge is 2.36. The van der Waals surface area contributed by atoms with Crippen LogP contribution in [0.1, 0.15) is 109 Å². The summed E-state index contributed by atoms with van der Waals surface area (Å²) in [6, 6.07) is 19.7. The molecule has 0 bridgehead atoms. The van der Waals surface area contributed by atoms with Crippen molar-refractivity contribution in [3.63, 3.8) is 0 Å². The van der Waals surface area contributed by atoms with E-state index >= 15 is 0 Å². The van der Waals surface area contributed by atoms with E-state index in [1.54, 1.807) is 6.20 Å². The quantitative estimate of drug-likeness (QED) is 0.168. The van der Waals surface area contributed by atoms with E-state index < -0.39 is 11.0 Å². The summed E-state index contributed by atoms with van der Waals surface area (Å²) in [6.07, 6.45) is 9.10. The Morgan fingerprint density at radius 3 is 2.40 bits per heavy atom. The van der Waals surface area contributed by atoms with E-state index in [0.717, 1.165) is 58.0 Å². The van der Waals surface area contributed by atoms with Gasteiger partial charge in [-0.15, -0.1) is 0 Å². The van der Waals surface area contributed by atoms with Gasteiger partial charge in [-0.2, -0.15) is 5.10 Å². The molecule has 0 radical (unpaired) electrons. The second-order valence-electron chi connectivity index (χ2n) is 12.4. The van der Waals surface area contributed by atoms with Crippen molar-refractivity contribution in [3.05, 3.63) is 83.8 Å². The molecule has 1 amide bonds. The van der Waals surface area contributed by atoms with E-state index in [4.69, 9.17) is 14.6 Å². The highest BCUT2D eigenvalue weighted by atomic mass is 32.2. The second-order valence-corrected chi connectivity index (χ2v) is 13.5. The average Bonchev–Trinajstić information content (AvgIpc) is 3.46. The largest absolute Gasteiger partial charge is 0.469 e. The highest BCUT2D eigenvalue weighted by Crippen LogP contribution is 2.36. The maximum absolute atomic E-state index is 13.6. The van der Waals surface area contributed by atoms with Gasteiger partial charge < -0.3 is 14.8 Å². The first-order valence-corrected chi connectivity index (χ1v) is 17.8. The lowest BCUT2D eigenvalue weighted by atomic mass is 9.80. The molecule has 2 aromatic heterocycles. The fourth-order valence-corrected chi connectivity index (χ4v) is 6.82. The standard InChI is InChI=1S/C35H40N4O4S.2C2H6/c1-34(2,33(41)42-5)23-35(3,4)37-32(40)27-13-6-7-14-30(27)44-25-17-18-26-28(19-16-24-12-8-10-20-36-24)38-39(29(26)22-25)31-15-9-11-21-43-31;2*1-2/h6-8,10,12-14,16-20,22,31H,9,11,15,21,23H2,1-5H3,(H,37,40);2*1-2H3/b19-16+;;. The number of rotatable bonds is 10. The molecule has 0 saturated carbocycles. The number of benzene rings is 2. The number of carbonyl (C=O) groups excluding carboxylic acids is 2. The zero-order valence-electron chi connectivity index (χ0n) is 30.0. The van der Waals surface area contributed by atoms with Gasteiger partial charge >= 0.3 is 5.97 Å². The van der Waals surface area contributed by atoms with Crippen LogP contribution in [-0.2, 0) is 14.3 Å². The van der Waals surface area contributed by atoms with E-state index in [2.05, 4.69) is 28.5 Å². The number of esters is 1. The fraction of sp³-hybridized carbons (Fsp3) is 0.436. The molecule has 0 spiro atoms. The summed E-state index contributed by atoms with van der Waals surface area (Å²) >= 11 is 1.54. The Bertz CT molecular complexity index is 1660. The van der Waals surface area contributed by atoms with Crippen LogP contribution in [0.5, 0.6) is 0 Å². The monoisotopic (exact) mass is 672 g/mol. The van der Waals surface area contributed by atoms with E-state index in [0.29, 0.717) is 12.0 Å². The predicted octanol–water partition coefficient (Wildman–Crippen LogP) is 9.60. The number of hydrogen-bond donors (Lipinski definition) is 1. The van der Waals surface area contributed by atoms with Crippen LogP contribution in [0.4, 0.5) is 0 Å². The van der Waals surface area contributed by atoms with Crippen molar-refractivity contribution in [2.45, 2.75) is 103 Å². The number of aromatic nitrogens is 3. The maximum Gasteiger partial charge on any atom is 0.311 e. The molecule has 1 atom stereocenters. The normalized spacial score (nSPS) is 14.8. The summed E-state index contributed by atoms with van der Waals surface area (Å²) in [7, 11) is 1.38. The third-order valence-corrected chi connectivity index (χ3v) is 8.73. The number of ether oxygens (including phenoxy) is 2. The molecule has 1 N–H and O–H groups in total. The van der Waals surface area contributed by atoms with Gasteiger partial charge in [0.25, 0.3) is 5.91 Å². The first kappa shape index (κ1) is 38.5. The lowest BCUT2D eigenvalue weighted by Gasteiger charge is -2.34. The summed E-state index contributed by atoms with van der Waals surface area (Å²) in [5, 5.41) is 9.15. The van der Waals surface area contributed by atoms with Crippen molar-refractivity contribution >= 4 is 46.7 Å². The van der Waals surface area contributed by atoms with Gasteiger partial charge in [0.05, 0.1) is 35.0 Å². The number of pyridine rings is 1. The van der Waals surface area contributed by atoms with Crippen LogP contribution in [0.3, 0.4) is 0 Å². The Morgan fingerprint density at radius 2 is 1.73 bits per heavy atom. The molecule has 2 aromatic carbocycles. The highest BCUT2D eigenvalue weighted by molar-refractivity contribution is 7.99. The molecule has 5 rings (SSSR count). The molecular weight excluding hydrogens is 621 g/mol. The van der Waals surface area contributed by atoms with E-state index in [1.807, 2.05) is 115 Å². The van der Waals surface area contributed by atoms with Crippen LogP contribution < -0.4 is 5.32 Å². The Balaban J connectivity index is 0.00000151. The first-order valence-electron chi connectivity index (χ1n) is 17.0. The van der Waals surface area contributed by atoms with Crippen molar-refractivity contribution in [2.24, 2.45) is 5.41 Å². The molecule has 4 aromatic rings. The zero-order chi connectivity index (χ0) is 35.3. The minimum absolute atomic E-state index is 0.127. The van der Waals surface area contributed by atoms with Crippen LogP contribution in [0.2, 0.25) is 0 Å². The van der Waals surface area contributed by atoms with Crippen LogP contribution in [0, 0.1) is 5.41 Å². The maximum atomic E-state index is 13.6. The number of amides is 1. The topological polar surface area (TPSA) is 95.3 Å².